The van der Waals surface area contributed by atoms with Crippen LogP contribution in [0.3, 0.4) is 0 Å². The fraction of sp³-hybridized carbons (Fsp3) is 0.500. The number of halogens is 4. The van der Waals surface area contributed by atoms with Gasteiger partial charge in [0, 0.05) is 12.0 Å². The highest BCUT2D eigenvalue weighted by molar-refractivity contribution is 6.50. The molecule has 21 heavy (non-hydrogen) atoms. The molecule has 1 unspecified atom stereocenters. The number of benzene rings is 1. The van der Waals surface area contributed by atoms with Crippen LogP contribution in [-0.4, -0.2) is 36.7 Å². The molecule has 1 heterocycles. The van der Waals surface area contributed by atoms with E-state index in [0.717, 1.165) is 13.1 Å². The second-order valence-electron chi connectivity index (χ2n) is 5.29. The van der Waals surface area contributed by atoms with Gasteiger partial charge in [-0.2, -0.15) is 0 Å². The molecule has 0 radical (unpaired) electrons. The van der Waals surface area contributed by atoms with Gasteiger partial charge in [-0.3, -0.25) is 5.32 Å². The number of fused-ring (bicyclic) bond motifs is 1. The monoisotopic (exact) mass is 302 g/mol. The zero-order chi connectivity index (χ0) is 15.3. The van der Waals surface area contributed by atoms with Crippen LogP contribution in [-0.2, 0) is 6.54 Å². The van der Waals surface area contributed by atoms with Crippen molar-refractivity contribution in [2.45, 2.75) is 31.8 Å². The van der Waals surface area contributed by atoms with Crippen molar-refractivity contribution in [3.63, 3.8) is 0 Å². The number of rotatable bonds is 2. The number of nitrogens with zero attached hydrogens (tertiary/aromatic N) is 1. The predicted octanol–water partition coefficient (Wildman–Crippen LogP) is 3.10. The van der Waals surface area contributed by atoms with Gasteiger partial charge in [-0.05, 0) is 12.8 Å². The molecule has 1 N–H and O–H groups in total. The van der Waals surface area contributed by atoms with Crippen molar-refractivity contribution in [2.24, 2.45) is 0 Å². The average molecular weight is 302 g/mol. The van der Waals surface area contributed by atoms with Gasteiger partial charge in [0.2, 0.25) is 0 Å². The van der Waals surface area contributed by atoms with E-state index in [1.807, 2.05) is 0 Å². The third-order valence-electron chi connectivity index (χ3n) is 3.72. The van der Waals surface area contributed by atoms with Crippen LogP contribution in [0.15, 0.2) is 30.3 Å². The molecule has 1 aliphatic heterocycles. The molecule has 1 atom stereocenters. The van der Waals surface area contributed by atoms with E-state index in [2.05, 4.69) is 40.2 Å². The molecule has 2 nitrogen and oxygen atoms in total. The minimum atomic E-state index is -6.00. The van der Waals surface area contributed by atoms with Crippen molar-refractivity contribution in [3.05, 3.63) is 35.9 Å². The Labute approximate surface area is 122 Å². The van der Waals surface area contributed by atoms with E-state index in [0.29, 0.717) is 6.04 Å². The summed E-state index contributed by atoms with van der Waals surface area (Å²) in [6, 6.07) is 11.5. The highest BCUT2D eigenvalue weighted by Crippen LogP contribution is 2.19. The van der Waals surface area contributed by atoms with Crippen LogP contribution in [0.25, 0.3) is 0 Å². The van der Waals surface area contributed by atoms with Gasteiger partial charge >= 0.3 is 7.25 Å². The van der Waals surface area contributed by atoms with Crippen molar-refractivity contribution in [2.75, 3.05) is 13.1 Å². The minimum Gasteiger partial charge on any atom is -0.418 e. The van der Waals surface area contributed by atoms with Gasteiger partial charge in [0.05, 0.1) is 12.6 Å². The molecule has 0 aromatic heterocycles. The van der Waals surface area contributed by atoms with Gasteiger partial charge in [0.1, 0.15) is 0 Å². The van der Waals surface area contributed by atoms with Crippen LogP contribution in [0.4, 0.5) is 17.3 Å². The first-order valence-corrected chi connectivity index (χ1v) is 7.19. The summed E-state index contributed by atoms with van der Waals surface area (Å²) in [6.45, 7) is 3.40. The first-order valence-electron chi connectivity index (χ1n) is 7.19. The smallest absolute Gasteiger partial charge is 0.418 e. The van der Waals surface area contributed by atoms with Crippen molar-refractivity contribution in [1.29, 1.82) is 0 Å². The van der Waals surface area contributed by atoms with Crippen LogP contribution in [0.2, 0.25) is 0 Å². The first kappa shape index (κ1) is 16.0. The highest BCUT2D eigenvalue weighted by atomic mass is 19.5. The third-order valence-corrected chi connectivity index (χ3v) is 3.72. The molecular weight excluding hydrogens is 283 g/mol. The van der Waals surface area contributed by atoms with Gasteiger partial charge in [-0.25, -0.2) is 4.58 Å². The van der Waals surface area contributed by atoms with Gasteiger partial charge in [-0.1, -0.05) is 30.3 Å². The van der Waals surface area contributed by atoms with Crippen molar-refractivity contribution in [1.82, 2.24) is 5.32 Å². The van der Waals surface area contributed by atoms with Gasteiger partial charge in [0.15, 0.2) is 18.8 Å². The average Bonchev–Trinajstić information content (AvgIpc) is 2.87. The zero-order valence-electron chi connectivity index (χ0n) is 11.7. The summed E-state index contributed by atoms with van der Waals surface area (Å²) in [7, 11) is -6.00. The lowest BCUT2D eigenvalue weighted by atomic mass is 10.1. The lowest BCUT2D eigenvalue weighted by Crippen LogP contribution is -2.46. The summed E-state index contributed by atoms with van der Waals surface area (Å²) in [5.41, 5.74) is 3.08. The molecule has 3 rings (SSSR count). The second-order valence-corrected chi connectivity index (χ2v) is 5.29. The minimum absolute atomic E-state index is 0.678. The molecule has 0 saturated heterocycles. The van der Waals surface area contributed by atoms with Gasteiger partial charge in [0.25, 0.3) is 0 Å². The van der Waals surface area contributed by atoms with E-state index in [-0.39, 0.29) is 0 Å². The summed E-state index contributed by atoms with van der Waals surface area (Å²) in [5, 5.41) is 3.62. The van der Waals surface area contributed by atoms with E-state index in [4.69, 9.17) is 0 Å². The summed E-state index contributed by atoms with van der Waals surface area (Å²) < 4.78 is 41.6. The van der Waals surface area contributed by atoms with Crippen molar-refractivity contribution in [3.8, 4) is 0 Å². The summed E-state index contributed by atoms with van der Waals surface area (Å²) in [4.78, 5) is 0. The number of hydrogen-bond acceptors (Lipinski definition) is 1. The van der Waals surface area contributed by atoms with E-state index < -0.39 is 7.25 Å². The predicted molar refractivity (Wildman–Crippen MR) is 76.1 cm³/mol. The molecule has 1 aromatic carbocycles. The largest absolute Gasteiger partial charge is 0.673 e. The molecule has 2 aliphatic rings. The maximum atomic E-state index is 9.75. The lowest BCUT2D eigenvalue weighted by molar-refractivity contribution is -0.548. The fourth-order valence-corrected chi connectivity index (χ4v) is 2.93. The van der Waals surface area contributed by atoms with Crippen LogP contribution in [0.5, 0.6) is 0 Å². The lowest BCUT2D eigenvalue weighted by Gasteiger charge is -2.19. The molecular formula is C14H19BF4N2. The number of nitrogens with one attached hydrogen (secondary N) is 1. The van der Waals surface area contributed by atoms with Crippen molar-refractivity contribution < 1.29 is 21.8 Å². The standard InChI is InChI=1S/C14H19N2.BF4/c1-2-5-12(6-3-1)11-16-10-9-15-13-7-4-8-14(13)16;2-1(3,4)5/h1-3,5-6,13,15H,4,7-11H2;/q+1;-1. The molecule has 0 bridgehead atoms. The normalized spacial score (nSPS) is 21.6. The second kappa shape index (κ2) is 7.07. The molecule has 7 heteroatoms. The van der Waals surface area contributed by atoms with Crippen molar-refractivity contribution >= 4 is 13.0 Å². The van der Waals surface area contributed by atoms with E-state index in [9.17, 15) is 17.3 Å². The fourth-order valence-electron chi connectivity index (χ4n) is 2.93. The Hall–Kier alpha value is -1.37. The first-order chi connectivity index (χ1) is 9.93. The molecule has 1 fully saturated rings. The Bertz CT molecular complexity index is 481. The summed E-state index contributed by atoms with van der Waals surface area (Å²) >= 11 is 0. The molecule has 116 valence electrons. The topological polar surface area (TPSA) is 15.0 Å². The van der Waals surface area contributed by atoms with Crippen LogP contribution in [0, 0.1) is 0 Å². The number of hydrogen-bond donors (Lipinski definition) is 1. The Morgan fingerprint density at radius 2 is 1.81 bits per heavy atom. The Morgan fingerprint density at radius 3 is 2.48 bits per heavy atom. The quantitative estimate of drug-likeness (QED) is 0.504. The maximum Gasteiger partial charge on any atom is 0.673 e. The summed E-state index contributed by atoms with van der Waals surface area (Å²) in [6.07, 6.45) is 3.99. The van der Waals surface area contributed by atoms with E-state index in [1.54, 1.807) is 5.71 Å². The van der Waals surface area contributed by atoms with Gasteiger partial charge in [-0.15, -0.1) is 0 Å². The van der Waals surface area contributed by atoms with E-state index in [1.165, 1.54) is 31.4 Å². The Kier molecular flexibility index (Phi) is 5.39. The molecule has 1 aromatic rings. The molecule has 1 aliphatic carbocycles. The SMILES string of the molecule is F[B-](F)(F)F.c1ccc(C[N+]2=C3CCCC3NCC2)cc1. The molecule has 1 saturated carbocycles. The third kappa shape index (κ3) is 5.49. The molecule has 0 spiro atoms. The maximum absolute atomic E-state index is 9.75. The zero-order valence-corrected chi connectivity index (χ0v) is 11.7. The Balaban J connectivity index is 0.000000282. The molecule has 0 amide bonds. The highest BCUT2D eigenvalue weighted by Gasteiger charge is 2.33. The van der Waals surface area contributed by atoms with E-state index >= 15 is 0 Å². The van der Waals surface area contributed by atoms with Crippen LogP contribution in [0.1, 0.15) is 24.8 Å². The van der Waals surface area contributed by atoms with Crippen LogP contribution < -0.4 is 5.32 Å². The summed E-state index contributed by atoms with van der Waals surface area (Å²) in [5.74, 6) is 0. The Morgan fingerprint density at radius 1 is 1.14 bits per heavy atom. The van der Waals surface area contributed by atoms with Gasteiger partial charge < -0.3 is 17.3 Å². The van der Waals surface area contributed by atoms with Crippen LogP contribution >= 0.6 is 0 Å².